The van der Waals surface area contributed by atoms with Crippen LogP contribution in [0.5, 0.6) is 0 Å². The van der Waals surface area contributed by atoms with E-state index >= 15 is 0 Å². The number of nitrogens with one attached hydrogen (secondary N) is 2. The summed E-state index contributed by atoms with van der Waals surface area (Å²) in [6.07, 6.45) is 3.80. The molecule has 8 nitrogen and oxygen atoms in total. The molecular weight excluding hydrogens is 430 g/mol. The van der Waals surface area contributed by atoms with E-state index in [1.807, 2.05) is 58.5 Å². The van der Waals surface area contributed by atoms with Gasteiger partial charge in [0.05, 0.1) is 17.3 Å². The monoisotopic (exact) mass is 457 g/mol. The van der Waals surface area contributed by atoms with Gasteiger partial charge in [-0.15, -0.1) is 0 Å². The van der Waals surface area contributed by atoms with E-state index in [-0.39, 0.29) is 17.4 Å². The largest absolute Gasteiger partial charge is 0.361 e. The van der Waals surface area contributed by atoms with E-state index < -0.39 is 0 Å². The molecule has 1 aliphatic rings. The maximum Gasteiger partial charge on any atom is 0.258 e. The lowest BCUT2D eigenvalue weighted by molar-refractivity contribution is -0.139. The van der Waals surface area contributed by atoms with Gasteiger partial charge in [-0.05, 0) is 30.2 Å². The maximum absolute atomic E-state index is 12.8. The molecule has 1 saturated heterocycles. The fourth-order valence-electron chi connectivity index (χ4n) is 4.58. The van der Waals surface area contributed by atoms with Crippen LogP contribution in [0.15, 0.2) is 59.5 Å². The Morgan fingerprint density at radius 2 is 1.56 bits per heavy atom. The second-order valence-corrected chi connectivity index (χ2v) is 8.68. The number of fused-ring (bicyclic) bond motifs is 2. The predicted molar refractivity (Wildman–Crippen MR) is 130 cm³/mol. The number of rotatable bonds is 6. The molecule has 4 aromatic rings. The first-order valence-corrected chi connectivity index (χ1v) is 11.7. The predicted octanol–water partition coefficient (Wildman–Crippen LogP) is 2.64. The van der Waals surface area contributed by atoms with E-state index in [2.05, 4.69) is 15.0 Å². The van der Waals surface area contributed by atoms with Gasteiger partial charge in [0.1, 0.15) is 5.82 Å². The minimum absolute atomic E-state index is 0.0758. The van der Waals surface area contributed by atoms with Crippen molar-refractivity contribution < 1.29 is 9.59 Å². The maximum atomic E-state index is 12.8. The molecule has 3 heterocycles. The molecule has 1 aliphatic heterocycles. The number of aromatic amines is 2. The Labute approximate surface area is 196 Å². The van der Waals surface area contributed by atoms with Crippen molar-refractivity contribution >= 4 is 33.6 Å². The van der Waals surface area contributed by atoms with Crippen molar-refractivity contribution in [2.75, 3.05) is 26.2 Å². The molecule has 2 amide bonds. The highest BCUT2D eigenvalue weighted by atomic mass is 16.2. The smallest absolute Gasteiger partial charge is 0.258 e. The zero-order chi connectivity index (χ0) is 23.5. The number of carbonyl (C=O) groups is 2. The molecule has 174 valence electrons. The van der Waals surface area contributed by atoms with Crippen molar-refractivity contribution in [3.63, 3.8) is 0 Å². The number of carbonyl (C=O) groups excluding carboxylic acids is 2. The lowest BCUT2D eigenvalue weighted by Crippen LogP contribution is -2.51. The number of aryl methyl sites for hydroxylation is 1. The van der Waals surface area contributed by atoms with Gasteiger partial charge >= 0.3 is 0 Å². The van der Waals surface area contributed by atoms with Crippen LogP contribution in [-0.2, 0) is 22.4 Å². The molecule has 0 spiro atoms. The van der Waals surface area contributed by atoms with Crippen molar-refractivity contribution in [3.8, 4) is 0 Å². The highest BCUT2D eigenvalue weighted by Crippen LogP contribution is 2.19. The van der Waals surface area contributed by atoms with E-state index in [1.54, 1.807) is 6.07 Å². The van der Waals surface area contributed by atoms with Gasteiger partial charge in [-0.1, -0.05) is 30.3 Å². The molecular formula is C26H27N5O3. The van der Waals surface area contributed by atoms with Crippen LogP contribution in [-0.4, -0.2) is 62.7 Å². The summed E-state index contributed by atoms with van der Waals surface area (Å²) < 4.78 is 0. The summed E-state index contributed by atoms with van der Waals surface area (Å²) in [5.74, 6) is 0.763. The summed E-state index contributed by atoms with van der Waals surface area (Å²) in [5, 5.41) is 1.64. The van der Waals surface area contributed by atoms with Gasteiger partial charge < -0.3 is 19.8 Å². The van der Waals surface area contributed by atoms with Crippen LogP contribution >= 0.6 is 0 Å². The second-order valence-electron chi connectivity index (χ2n) is 8.68. The third-order valence-electron chi connectivity index (χ3n) is 6.47. The third-order valence-corrected chi connectivity index (χ3v) is 6.47. The molecule has 5 rings (SSSR count). The van der Waals surface area contributed by atoms with Gasteiger partial charge in [-0.2, -0.15) is 0 Å². The molecule has 0 bridgehead atoms. The summed E-state index contributed by atoms with van der Waals surface area (Å²) in [5.41, 5.74) is 2.55. The average molecular weight is 458 g/mol. The minimum atomic E-state index is -0.152. The Hall–Kier alpha value is -3.94. The Morgan fingerprint density at radius 3 is 2.35 bits per heavy atom. The van der Waals surface area contributed by atoms with Crippen LogP contribution in [0.2, 0.25) is 0 Å². The van der Waals surface area contributed by atoms with Gasteiger partial charge in [0, 0.05) is 56.1 Å². The SMILES string of the molecule is O=C(CCCc1nc2ccccc2c(=O)[nH]1)N1CCN(C(=O)Cc2c[nH]c3ccccc23)CC1. The summed E-state index contributed by atoms with van der Waals surface area (Å²) in [4.78, 5) is 51.9. The number of aromatic nitrogens is 3. The number of piperazine rings is 1. The molecule has 2 aromatic heterocycles. The number of H-pyrrole nitrogens is 2. The molecule has 0 unspecified atom stereocenters. The zero-order valence-corrected chi connectivity index (χ0v) is 18.9. The lowest BCUT2D eigenvalue weighted by Gasteiger charge is -2.35. The van der Waals surface area contributed by atoms with Gasteiger partial charge in [0.2, 0.25) is 11.8 Å². The summed E-state index contributed by atoms with van der Waals surface area (Å²) in [6.45, 7) is 2.19. The van der Waals surface area contributed by atoms with Crippen molar-refractivity contribution in [3.05, 3.63) is 76.5 Å². The molecule has 8 heteroatoms. The van der Waals surface area contributed by atoms with Crippen LogP contribution in [0.4, 0.5) is 0 Å². The Bertz CT molecular complexity index is 1400. The van der Waals surface area contributed by atoms with Gasteiger partial charge in [-0.25, -0.2) is 4.98 Å². The second kappa shape index (κ2) is 9.51. The zero-order valence-electron chi connectivity index (χ0n) is 18.9. The fraction of sp³-hybridized carbons (Fsp3) is 0.308. The molecule has 0 aliphatic carbocycles. The Kier molecular flexibility index (Phi) is 6.12. The molecule has 2 N–H and O–H groups in total. The summed E-state index contributed by atoms with van der Waals surface area (Å²) >= 11 is 0. The first kappa shape index (κ1) is 21.9. The van der Waals surface area contributed by atoms with Crippen LogP contribution < -0.4 is 5.56 Å². The molecule has 0 saturated carbocycles. The first-order chi connectivity index (χ1) is 16.6. The van der Waals surface area contributed by atoms with Crippen molar-refractivity contribution in [1.29, 1.82) is 0 Å². The minimum Gasteiger partial charge on any atom is -0.361 e. The normalized spacial score (nSPS) is 14.1. The van der Waals surface area contributed by atoms with Crippen LogP contribution in [0.1, 0.15) is 24.2 Å². The van der Waals surface area contributed by atoms with Crippen molar-refractivity contribution in [1.82, 2.24) is 24.8 Å². The highest BCUT2D eigenvalue weighted by Gasteiger charge is 2.24. The van der Waals surface area contributed by atoms with Gasteiger partial charge in [-0.3, -0.25) is 14.4 Å². The van der Waals surface area contributed by atoms with Gasteiger partial charge in [0.15, 0.2) is 0 Å². The summed E-state index contributed by atoms with van der Waals surface area (Å²) in [6, 6.07) is 15.2. The number of hydrogen-bond acceptors (Lipinski definition) is 4. The fourth-order valence-corrected chi connectivity index (χ4v) is 4.58. The number of para-hydroxylation sites is 2. The number of amides is 2. The van der Waals surface area contributed by atoms with Crippen LogP contribution in [0.25, 0.3) is 21.8 Å². The highest BCUT2D eigenvalue weighted by molar-refractivity contribution is 5.89. The Balaban J connectivity index is 1.10. The van der Waals surface area contributed by atoms with E-state index in [1.165, 1.54) is 0 Å². The molecule has 0 radical (unpaired) electrons. The van der Waals surface area contributed by atoms with E-state index in [0.29, 0.717) is 68.6 Å². The Morgan fingerprint density at radius 1 is 0.882 bits per heavy atom. The average Bonchev–Trinajstić information content (AvgIpc) is 3.27. The summed E-state index contributed by atoms with van der Waals surface area (Å²) in [7, 11) is 0. The number of benzene rings is 2. The number of nitrogens with zero attached hydrogens (tertiary/aromatic N) is 3. The molecule has 1 fully saturated rings. The first-order valence-electron chi connectivity index (χ1n) is 11.7. The van der Waals surface area contributed by atoms with Gasteiger partial charge in [0.25, 0.3) is 5.56 Å². The van der Waals surface area contributed by atoms with E-state index in [4.69, 9.17) is 0 Å². The molecule has 34 heavy (non-hydrogen) atoms. The number of hydrogen-bond donors (Lipinski definition) is 2. The quantitative estimate of drug-likeness (QED) is 0.465. The van der Waals surface area contributed by atoms with E-state index in [9.17, 15) is 14.4 Å². The molecule has 2 aromatic carbocycles. The topological polar surface area (TPSA) is 102 Å². The molecule has 0 atom stereocenters. The van der Waals surface area contributed by atoms with Crippen LogP contribution in [0.3, 0.4) is 0 Å². The van der Waals surface area contributed by atoms with Crippen molar-refractivity contribution in [2.24, 2.45) is 0 Å². The van der Waals surface area contributed by atoms with Crippen molar-refractivity contribution in [2.45, 2.75) is 25.7 Å². The van der Waals surface area contributed by atoms with E-state index in [0.717, 1.165) is 16.5 Å². The van der Waals surface area contributed by atoms with Crippen LogP contribution in [0, 0.1) is 0 Å². The third kappa shape index (κ3) is 4.57. The lowest BCUT2D eigenvalue weighted by atomic mass is 10.1. The standard InChI is InChI=1S/C26H27N5O3/c32-24(11-5-10-23-28-22-9-4-2-7-20(22)26(34)29-23)30-12-14-31(15-13-30)25(33)16-18-17-27-21-8-3-1-6-19(18)21/h1-4,6-9,17,27H,5,10-16H2,(H,28,29,34).